The van der Waals surface area contributed by atoms with E-state index in [9.17, 15) is 4.79 Å². The van der Waals surface area contributed by atoms with E-state index in [1.165, 1.54) is 28.3 Å². The van der Waals surface area contributed by atoms with E-state index in [0.717, 1.165) is 22.5 Å². The number of hydrogen-bond donors (Lipinski definition) is 0. The number of Topliss-reactive ketones (excluding diaryl/α,β-unsaturated/α-hetero) is 1. The zero-order chi connectivity index (χ0) is 16.2. The Labute approximate surface area is 140 Å². The van der Waals surface area contributed by atoms with Crippen LogP contribution in [0.1, 0.15) is 28.4 Å². The van der Waals surface area contributed by atoms with Gasteiger partial charge in [-0.3, -0.25) is 4.79 Å². The van der Waals surface area contributed by atoms with Gasteiger partial charge in [-0.1, -0.05) is 61.2 Å². The first-order valence-electron chi connectivity index (χ1n) is 7.78. The Morgan fingerprint density at radius 2 is 1.83 bits per heavy atom. The van der Waals surface area contributed by atoms with Crippen molar-refractivity contribution in [1.82, 2.24) is 4.98 Å². The second-order valence-corrected chi connectivity index (χ2v) is 6.55. The quantitative estimate of drug-likeness (QED) is 0.485. The molecule has 0 fully saturated rings. The average Bonchev–Trinajstić information content (AvgIpc) is 2.60. The lowest BCUT2D eigenvalue weighted by Gasteiger charge is -2.06. The third-order valence-corrected chi connectivity index (χ3v) is 4.85. The first kappa shape index (κ1) is 15.8. The molecule has 3 heteroatoms. The highest BCUT2D eigenvalue weighted by molar-refractivity contribution is 7.99. The molecule has 0 saturated heterocycles. The Morgan fingerprint density at radius 3 is 2.57 bits per heavy atom. The van der Waals surface area contributed by atoms with Crippen molar-refractivity contribution in [3.05, 3.63) is 71.3 Å². The van der Waals surface area contributed by atoms with Crippen molar-refractivity contribution >= 4 is 28.4 Å². The number of fused-ring (bicyclic) bond motifs is 1. The molecule has 0 spiro atoms. The van der Waals surface area contributed by atoms with Crippen LogP contribution in [0.5, 0.6) is 0 Å². The van der Waals surface area contributed by atoms with Crippen LogP contribution in [0.15, 0.2) is 59.6 Å². The fourth-order valence-electron chi connectivity index (χ4n) is 2.54. The van der Waals surface area contributed by atoms with Crippen LogP contribution < -0.4 is 0 Å². The monoisotopic (exact) mass is 321 g/mol. The highest BCUT2D eigenvalue weighted by atomic mass is 32.2. The Balaban J connectivity index is 1.73. The molecular formula is C20H19NOS. The number of aromatic nitrogens is 1. The van der Waals surface area contributed by atoms with E-state index in [2.05, 4.69) is 31.0 Å². The molecule has 1 aromatic heterocycles. The largest absolute Gasteiger partial charge is 0.293 e. The van der Waals surface area contributed by atoms with Crippen molar-refractivity contribution in [2.24, 2.45) is 0 Å². The molecule has 0 amide bonds. The molecule has 0 aliphatic carbocycles. The predicted octanol–water partition coefficient (Wildman–Crippen LogP) is 5.08. The van der Waals surface area contributed by atoms with Crippen LogP contribution in [0.3, 0.4) is 0 Å². The van der Waals surface area contributed by atoms with Crippen LogP contribution in [-0.2, 0) is 6.42 Å². The Hall–Kier alpha value is -2.13. The standard InChI is InChI=1S/C20H19NOS/c1-3-15-8-10-16(11-9-15)19(22)13-23-20-12-14(2)17-6-4-5-7-18(17)21-20/h4-12H,3,13H2,1-2H3. The first-order valence-corrected chi connectivity index (χ1v) is 8.77. The molecule has 0 unspecified atom stereocenters. The molecule has 0 N–H and O–H groups in total. The second kappa shape index (κ2) is 6.97. The maximum Gasteiger partial charge on any atom is 0.173 e. The number of carbonyl (C=O) groups is 1. The normalized spacial score (nSPS) is 10.9. The van der Waals surface area contributed by atoms with Crippen molar-refractivity contribution in [2.75, 3.05) is 5.75 Å². The van der Waals surface area contributed by atoms with Gasteiger partial charge < -0.3 is 0 Å². The summed E-state index contributed by atoms with van der Waals surface area (Å²) in [5.74, 6) is 0.557. The highest BCUT2D eigenvalue weighted by Crippen LogP contribution is 2.24. The third kappa shape index (κ3) is 3.62. The number of nitrogens with zero attached hydrogens (tertiary/aromatic N) is 1. The summed E-state index contributed by atoms with van der Waals surface area (Å²) >= 11 is 1.50. The fraction of sp³-hybridized carbons (Fsp3) is 0.200. The van der Waals surface area contributed by atoms with Gasteiger partial charge in [0.15, 0.2) is 5.78 Å². The van der Waals surface area contributed by atoms with Gasteiger partial charge in [-0.2, -0.15) is 0 Å². The highest BCUT2D eigenvalue weighted by Gasteiger charge is 2.09. The van der Waals surface area contributed by atoms with Crippen LogP contribution in [0.2, 0.25) is 0 Å². The number of ketones is 1. The zero-order valence-corrected chi connectivity index (χ0v) is 14.2. The Kier molecular flexibility index (Phi) is 4.77. The van der Waals surface area contributed by atoms with Gasteiger partial charge >= 0.3 is 0 Å². The van der Waals surface area contributed by atoms with Crippen molar-refractivity contribution < 1.29 is 4.79 Å². The minimum absolute atomic E-state index is 0.144. The van der Waals surface area contributed by atoms with E-state index < -0.39 is 0 Å². The van der Waals surface area contributed by atoms with Crippen LogP contribution in [-0.4, -0.2) is 16.5 Å². The number of pyridine rings is 1. The number of thioether (sulfide) groups is 1. The Morgan fingerprint density at radius 1 is 1.09 bits per heavy atom. The number of rotatable bonds is 5. The first-order chi connectivity index (χ1) is 11.2. The molecule has 23 heavy (non-hydrogen) atoms. The molecule has 3 aromatic rings. The maximum absolute atomic E-state index is 12.3. The molecule has 0 aliphatic rings. The maximum atomic E-state index is 12.3. The number of para-hydroxylation sites is 1. The lowest BCUT2D eigenvalue weighted by molar-refractivity contribution is 0.102. The number of carbonyl (C=O) groups excluding carboxylic acids is 1. The van der Waals surface area contributed by atoms with Crippen molar-refractivity contribution in [3.63, 3.8) is 0 Å². The molecule has 0 aliphatic heterocycles. The summed E-state index contributed by atoms with van der Waals surface area (Å²) in [5.41, 5.74) is 4.20. The van der Waals surface area contributed by atoms with Gasteiger partial charge in [-0.15, -0.1) is 0 Å². The minimum atomic E-state index is 0.144. The molecule has 1 heterocycles. The van der Waals surface area contributed by atoms with E-state index in [1.807, 2.05) is 42.5 Å². The van der Waals surface area contributed by atoms with Crippen LogP contribution in [0.4, 0.5) is 0 Å². The smallest absolute Gasteiger partial charge is 0.173 e. The summed E-state index contributed by atoms with van der Waals surface area (Å²) in [6, 6.07) is 18.0. The van der Waals surface area contributed by atoms with Gasteiger partial charge in [0, 0.05) is 10.9 Å². The van der Waals surface area contributed by atoms with Crippen LogP contribution in [0, 0.1) is 6.92 Å². The van der Waals surface area contributed by atoms with Gasteiger partial charge in [0.2, 0.25) is 0 Å². The van der Waals surface area contributed by atoms with Gasteiger partial charge in [0.05, 0.1) is 16.3 Å². The van der Waals surface area contributed by atoms with Crippen LogP contribution in [0.25, 0.3) is 10.9 Å². The number of benzene rings is 2. The van der Waals surface area contributed by atoms with E-state index >= 15 is 0 Å². The van der Waals surface area contributed by atoms with Crippen molar-refractivity contribution in [2.45, 2.75) is 25.3 Å². The van der Waals surface area contributed by atoms with Gasteiger partial charge in [0.1, 0.15) is 0 Å². The summed E-state index contributed by atoms with van der Waals surface area (Å²) in [6.45, 7) is 4.19. The van der Waals surface area contributed by atoms with E-state index in [-0.39, 0.29) is 5.78 Å². The summed E-state index contributed by atoms with van der Waals surface area (Å²) in [6.07, 6.45) is 0.990. The molecule has 3 rings (SSSR count). The minimum Gasteiger partial charge on any atom is -0.293 e. The molecule has 0 atom stereocenters. The molecule has 2 nitrogen and oxygen atoms in total. The molecule has 116 valence electrons. The molecule has 2 aromatic carbocycles. The zero-order valence-electron chi connectivity index (χ0n) is 13.4. The van der Waals surface area contributed by atoms with Crippen molar-refractivity contribution in [1.29, 1.82) is 0 Å². The number of hydrogen-bond acceptors (Lipinski definition) is 3. The van der Waals surface area contributed by atoms with E-state index in [1.54, 1.807) is 0 Å². The van der Waals surface area contributed by atoms with Gasteiger partial charge in [-0.25, -0.2) is 4.98 Å². The summed E-state index contributed by atoms with van der Waals surface area (Å²) < 4.78 is 0. The van der Waals surface area contributed by atoms with Gasteiger partial charge in [0.25, 0.3) is 0 Å². The summed E-state index contributed by atoms with van der Waals surface area (Å²) in [7, 11) is 0. The van der Waals surface area contributed by atoms with Gasteiger partial charge in [-0.05, 0) is 36.6 Å². The third-order valence-electron chi connectivity index (χ3n) is 3.93. The lowest BCUT2D eigenvalue weighted by Crippen LogP contribution is -2.03. The van der Waals surface area contributed by atoms with E-state index in [0.29, 0.717) is 5.75 Å². The van der Waals surface area contributed by atoms with Crippen molar-refractivity contribution in [3.8, 4) is 0 Å². The van der Waals surface area contributed by atoms with Crippen LogP contribution >= 0.6 is 11.8 Å². The number of aryl methyl sites for hydroxylation is 2. The summed E-state index contributed by atoms with van der Waals surface area (Å²) in [4.78, 5) is 17.0. The molecule has 0 bridgehead atoms. The topological polar surface area (TPSA) is 30.0 Å². The molecule has 0 saturated carbocycles. The molecule has 0 radical (unpaired) electrons. The predicted molar refractivity (Wildman–Crippen MR) is 97.4 cm³/mol. The average molecular weight is 321 g/mol. The fourth-order valence-corrected chi connectivity index (χ4v) is 3.41. The van der Waals surface area contributed by atoms with E-state index in [4.69, 9.17) is 0 Å². The molecular weight excluding hydrogens is 302 g/mol. The lowest BCUT2D eigenvalue weighted by atomic mass is 10.1. The second-order valence-electron chi connectivity index (χ2n) is 5.56. The Bertz CT molecular complexity index is 840. The SMILES string of the molecule is CCc1ccc(C(=O)CSc2cc(C)c3ccccc3n2)cc1. The summed E-state index contributed by atoms with van der Waals surface area (Å²) in [5, 5.41) is 2.07.